The van der Waals surface area contributed by atoms with E-state index in [4.69, 9.17) is 11.6 Å². The first-order valence-corrected chi connectivity index (χ1v) is 9.83. The normalized spacial score (nSPS) is 13.0. The molecular formula is C21H20ClN7O2. The Labute approximate surface area is 183 Å². The number of rotatable bonds is 5. The Hall–Kier alpha value is -3.82. The number of hydrogen-bond acceptors (Lipinski definition) is 5. The second-order valence-corrected chi connectivity index (χ2v) is 7.20. The molecule has 0 spiro atoms. The van der Waals surface area contributed by atoms with E-state index in [1.54, 1.807) is 77.7 Å². The number of aromatic nitrogens is 2. The van der Waals surface area contributed by atoms with E-state index >= 15 is 0 Å². The van der Waals surface area contributed by atoms with Gasteiger partial charge in [0.05, 0.1) is 28.6 Å². The second kappa shape index (κ2) is 8.90. The molecule has 4 N–H and O–H groups in total. The first-order chi connectivity index (χ1) is 15.0. The lowest BCUT2D eigenvalue weighted by Gasteiger charge is -2.16. The van der Waals surface area contributed by atoms with Crippen LogP contribution >= 0.6 is 11.6 Å². The van der Waals surface area contributed by atoms with Crippen LogP contribution in [0.15, 0.2) is 72.7 Å². The number of carbonyl (C=O) groups excluding carboxylic acids is 2. The van der Waals surface area contributed by atoms with Gasteiger partial charge in [-0.1, -0.05) is 29.8 Å². The van der Waals surface area contributed by atoms with E-state index in [9.17, 15) is 9.59 Å². The molecule has 1 aromatic heterocycles. The summed E-state index contributed by atoms with van der Waals surface area (Å²) in [7, 11) is 1.78. The molecule has 0 radical (unpaired) electrons. The summed E-state index contributed by atoms with van der Waals surface area (Å²) in [6.07, 6.45) is 3.50. The van der Waals surface area contributed by atoms with Crippen LogP contribution in [-0.2, 0) is 7.05 Å². The van der Waals surface area contributed by atoms with Crippen LogP contribution in [0.5, 0.6) is 0 Å². The fourth-order valence-electron chi connectivity index (χ4n) is 2.99. The highest BCUT2D eigenvalue weighted by molar-refractivity contribution is 6.33. The van der Waals surface area contributed by atoms with E-state index in [1.807, 2.05) is 6.07 Å². The standard InChI is InChI=1S/C21H20ClN7O2/c1-28-10-9-19(27-28)26-20(30)14-5-4-6-16(11-14)29-13-15(12-23-29)24-21(31)25-18-8-3-2-7-17(18)22/h2-11,13,23H,12H2,1H3,(H2,24,25,31)(H,26,27,30). The summed E-state index contributed by atoms with van der Waals surface area (Å²) in [5, 5.41) is 14.6. The summed E-state index contributed by atoms with van der Waals surface area (Å²) < 4.78 is 1.61. The van der Waals surface area contributed by atoms with Gasteiger partial charge in [0.25, 0.3) is 5.91 Å². The molecule has 158 valence electrons. The second-order valence-electron chi connectivity index (χ2n) is 6.80. The molecule has 0 bridgehead atoms. The van der Waals surface area contributed by atoms with Crippen LogP contribution in [0.3, 0.4) is 0 Å². The largest absolute Gasteiger partial charge is 0.323 e. The predicted octanol–water partition coefficient (Wildman–Crippen LogP) is 3.31. The molecule has 1 aliphatic rings. The maximum Gasteiger partial charge on any atom is 0.323 e. The zero-order chi connectivity index (χ0) is 21.8. The first kappa shape index (κ1) is 20.5. The van der Waals surface area contributed by atoms with Gasteiger partial charge in [-0.05, 0) is 30.3 Å². The minimum Gasteiger partial charge on any atom is -0.309 e. The van der Waals surface area contributed by atoms with Crippen molar-refractivity contribution in [3.05, 3.63) is 83.3 Å². The SMILES string of the molecule is Cn1ccc(NC(=O)c2cccc(N3C=C(NC(=O)Nc4ccccc4Cl)CN3)c2)n1. The molecule has 0 unspecified atom stereocenters. The number of nitrogens with zero attached hydrogens (tertiary/aromatic N) is 3. The summed E-state index contributed by atoms with van der Waals surface area (Å²) >= 11 is 6.07. The number of hydrazine groups is 1. The lowest BCUT2D eigenvalue weighted by Crippen LogP contribution is -2.31. The molecule has 0 aliphatic carbocycles. The average molecular weight is 438 g/mol. The summed E-state index contributed by atoms with van der Waals surface area (Å²) in [5.74, 6) is 0.217. The van der Waals surface area contributed by atoms with Crippen LogP contribution in [0.1, 0.15) is 10.4 Å². The van der Waals surface area contributed by atoms with Gasteiger partial charge >= 0.3 is 6.03 Å². The maximum absolute atomic E-state index is 12.5. The third-order valence-electron chi connectivity index (χ3n) is 4.46. The number of aryl methyl sites for hydroxylation is 1. The summed E-state index contributed by atoms with van der Waals surface area (Å²) in [4.78, 5) is 24.8. The third-order valence-corrected chi connectivity index (χ3v) is 4.79. The van der Waals surface area contributed by atoms with Crippen LogP contribution in [0.2, 0.25) is 5.02 Å². The molecular weight excluding hydrogens is 418 g/mol. The van der Waals surface area contributed by atoms with Gasteiger partial charge in [-0.3, -0.25) is 14.5 Å². The summed E-state index contributed by atoms with van der Waals surface area (Å²) in [5.41, 5.74) is 5.56. The van der Waals surface area contributed by atoms with E-state index in [2.05, 4.69) is 26.5 Å². The summed E-state index contributed by atoms with van der Waals surface area (Å²) in [6, 6.07) is 15.4. The van der Waals surface area contributed by atoms with Crippen molar-refractivity contribution in [3.8, 4) is 0 Å². The van der Waals surface area contributed by atoms with E-state index in [0.29, 0.717) is 34.3 Å². The van der Waals surface area contributed by atoms with Gasteiger partial charge in [-0.2, -0.15) is 5.10 Å². The number of amides is 3. The number of carbonyl (C=O) groups is 2. The minimum atomic E-state index is -0.397. The lowest BCUT2D eigenvalue weighted by molar-refractivity contribution is 0.102. The average Bonchev–Trinajstić information content (AvgIpc) is 3.38. The smallest absolute Gasteiger partial charge is 0.309 e. The van der Waals surface area contributed by atoms with Crippen molar-refractivity contribution >= 4 is 40.7 Å². The van der Waals surface area contributed by atoms with Crippen molar-refractivity contribution in [3.63, 3.8) is 0 Å². The van der Waals surface area contributed by atoms with Crippen molar-refractivity contribution in [2.24, 2.45) is 7.05 Å². The van der Waals surface area contributed by atoms with Gasteiger partial charge < -0.3 is 16.0 Å². The zero-order valence-corrected chi connectivity index (χ0v) is 17.3. The van der Waals surface area contributed by atoms with E-state index in [1.165, 1.54) is 0 Å². The summed E-state index contributed by atoms with van der Waals surface area (Å²) in [6.45, 7) is 0.417. The van der Waals surface area contributed by atoms with Crippen LogP contribution in [0, 0.1) is 0 Å². The number of hydrogen-bond donors (Lipinski definition) is 4. The monoisotopic (exact) mass is 437 g/mol. The number of urea groups is 1. The van der Waals surface area contributed by atoms with E-state index < -0.39 is 6.03 Å². The van der Waals surface area contributed by atoms with Gasteiger partial charge in [-0.15, -0.1) is 0 Å². The number of anilines is 3. The van der Waals surface area contributed by atoms with Crippen LogP contribution in [-0.4, -0.2) is 28.3 Å². The molecule has 10 heteroatoms. The Morgan fingerprint density at radius 3 is 2.68 bits per heavy atom. The molecule has 2 aromatic carbocycles. The first-order valence-electron chi connectivity index (χ1n) is 9.45. The zero-order valence-electron chi connectivity index (χ0n) is 16.6. The van der Waals surface area contributed by atoms with E-state index in [0.717, 1.165) is 5.69 Å². The van der Waals surface area contributed by atoms with Crippen molar-refractivity contribution in [1.29, 1.82) is 0 Å². The van der Waals surface area contributed by atoms with Crippen LogP contribution < -0.4 is 26.4 Å². The number of benzene rings is 2. The van der Waals surface area contributed by atoms with Crippen molar-refractivity contribution in [1.82, 2.24) is 20.5 Å². The highest BCUT2D eigenvalue weighted by Crippen LogP contribution is 2.21. The molecule has 1 aliphatic heterocycles. The Kier molecular flexibility index (Phi) is 5.87. The molecule has 2 heterocycles. The van der Waals surface area contributed by atoms with Crippen molar-refractivity contribution in [2.45, 2.75) is 0 Å². The fourth-order valence-corrected chi connectivity index (χ4v) is 3.17. The number of nitrogens with one attached hydrogen (secondary N) is 4. The van der Waals surface area contributed by atoms with Crippen molar-refractivity contribution < 1.29 is 9.59 Å². The molecule has 0 atom stereocenters. The van der Waals surface area contributed by atoms with Gasteiger partial charge in [0.2, 0.25) is 0 Å². The lowest BCUT2D eigenvalue weighted by atomic mass is 10.2. The topological polar surface area (TPSA) is 103 Å². The Bertz CT molecular complexity index is 1160. The van der Waals surface area contributed by atoms with Crippen molar-refractivity contribution in [2.75, 3.05) is 22.2 Å². The van der Waals surface area contributed by atoms with Gasteiger partial charge in [0.1, 0.15) is 0 Å². The van der Waals surface area contributed by atoms with Crippen LogP contribution in [0.25, 0.3) is 0 Å². The third kappa shape index (κ3) is 5.03. The van der Waals surface area contributed by atoms with Gasteiger partial charge in [0.15, 0.2) is 5.82 Å². The molecule has 4 rings (SSSR count). The predicted molar refractivity (Wildman–Crippen MR) is 120 cm³/mol. The number of para-hydroxylation sites is 1. The quantitative estimate of drug-likeness (QED) is 0.490. The highest BCUT2D eigenvalue weighted by Gasteiger charge is 2.17. The Morgan fingerprint density at radius 1 is 1.06 bits per heavy atom. The maximum atomic E-state index is 12.5. The molecule has 0 saturated carbocycles. The Morgan fingerprint density at radius 2 is 1.90 bits per heavy atom. The van der Waals surface area contributed by atoms with Crippen LogP contribution in [0.4, 0.5) is 22.0 Å². The minimum absolute atomic E-state index is 0.263. The Balaban J connectivity index is 1.40. The number of halogens is 1. The van der Waals surface area contributed by atoms with Gasteiger partial charge in [0, 0.05) is 31.1 Å². The fraction of sp³-hybridized carbons (Fsp3) is 0.0952. The molecule has 31 heavy (non-hydrogen) atoms. The van der Waals surface area contributed by atoms with Gasteiger partial charge in [-0.25, -0.2) is 10.2 Å². The molecule has 0 saturated heterocycles. The molecule has 9 nitrogen and oxygen atoms in total. The molecule has 3 amide bonds. The highest BCUT2D eigenvalue weighted by atomic mass is 35.5. The van der Waals surface area contributed by atoms with E-state index in [-0.39, 0.29) is 5.91 Å². The molecule has 3 aromatic rings. The molecule has 0 fully saturated rings.